The maximum absolute atomic E-state index is 14.7. The van der Waals surface area contributed by atoms with E-state index in [-0.39, 0.29) is 29.6 Å². The van der Waals surface area contributed by atoms with Crippen LogP contribution in [-0.4, -0.2) is 79.0 Å². The van der Waals surface area contributed by atoms with E-state index in [1.807, 2.05) is 4.90 Å². The average Bonchev–Trinajstić information content (AvgIpc) is 3.28. The summed E-state index contributed by atoms with van der Waals surface area (Å²) in [6, 6.07) is 4.78. The van der Waals surface area contributed by atoms with E-state index in [4.69, 9.17) is 4.74 Å². The van der Waals surface area contributed by atoms with Gasteiger partial charge in [-0.05, 0) is 32.3 Å². The minimum Gasteiger partial charge on any atom is -0.463 e. The van der Waals surface area contributed by atoms with Crippen LogP contribution in [0.5, 0.6) is 0 Å². The third kappa shape index (κ3) is 5.50. The van der Waals surface area contributed by atoms with E-state index in [0.717, 1.165) is 38.6 Å². The SMILES string of the molecule is CCOC(=O)C1=C(CN2CCCN(C(=O)C3CCCC3)CC2)N(C)C(=O)NC1c1ccccc1F. The van der Waals surface area contributed by atoms with Crippen molar-refractivity contribution in [2.24, 2.45) is 5.92 Å². The first-order valence-electron chi connectivity index (χ1n) is 12.6. The number of amides is 3. The lowest BCUT2D eigenvalue weighted by Crippen LogP contribution is -2.49. The molecule has 190 valence electrons. The van der Waals surface area contributed by atoms with Gasteiger partial charge in [0.25, 0.3) is 0 Å². The van der Waals surface area contributed by atoms with E-state index < -0.39 is 23.9 Å². The third-order valence-corrected chi connectivity index (χ3v) is 7.27. The van der Waals surface area contributed by atoms with Gasteiger partial charge in [0.1, 0.15) is 5.82 Å². The molecule has 1 N–H and O–H groups in total. The summed E-state index contributed by atoms with van der Waals surface area (Å²) in [7, 11) is 1.61. The zero-order valence-corrected chi connectivity index (χ0v) is 20.6. The number of ether oxygens (including phenoxy) is 1. The molecule has 0 bridgehead atoms. The fraction of sp³-hybridized carbons (Fsp3) is 0.577. The number of nitrogens with one attached hydrogen (secondary N) is 1. The standard InChI is InChI=1S/C26H35FN4O4/c1-3-35-25(33)22-21(29(2)26(34)28-23(22)19-11-6-7-12-20(19)27)17-30-13-8-14-31(16-15-30)24(32)18-9-4-5-10-18/h6-7,11-12,18,23H,3-5,8-10,13-17H2,1-2H3,(H,28,34). The normalized spacial score (nSPS) is 22.3. The first kappa shape index (κ1) is 25.2. The molecule has 1 atom stereocenters. The molecule has 1 aromatic rings. The van der Waals surface area contributed by atoms with E-state index in [1.54, 1.807) is 32.2 Å². The van der Waals surface area contributed by atoms with Crippen molar-refractivity contribution in [2.45, 2.75) is 45.1 Å². The summed E-state index contributed by atoms with van der Waals surface area (Å²) in [5, 5.41) is 2.76. The molecule has 0 radical (unpaired) electrons. The van der Waals surface area contributed by atoms with Crippen LogP contribution in [0.4, 0.5) is 9.18 Å². The van der Waals surface area contributed by atoms with Crippen LogP contribution in [0, 0.1) is 11.7 Å². The molecule has 1 saturated carbocycles. The van der Waals surface area contributed by atoms with Gasteiger partial charge in [0.2, 0.25) is 5.91 Å². The number of carbonyl (C=O) groups is 3. The van der Waals surface area contributed by atoms with Gasteiger partial charge >= 0.3 is 12.0 Å². The Morgan fingerprint density at radius 3 is 2.54 bits per heavy atom. The number of hydrogen-bond acceptors (Lipinski definition) is 5. The molecule has 1 aliphatic carbocycles. The summed E-state index contributed by atoms with van der Waals surface area (Å²) in [6.07, 6.45) is 5.02. The summed E-state index contributed by atoms with van der Waals surface area (Å²) in [6.45, 7) is 4.90. The molecule has 8 nitrogen and oxygen atoms in total. The molecule has 2 heterocycles. The van der Waals surface area contributed by atoms with Crippen LogP contribution in [0.2, 0.25) is 0 Å². The molecule has 0 aromatic heterocycles. The molecule has 1 saturated heterocycles. The predicted octanol–water partition coefficient (Wildman–Crippen LogP) is 3.06. The Morgan fingerprint density at radius 2 is 1.83 bits per heavy atom. The molecule has 35 heavy (non-hydrogen) atoms. The van der Waals surface area contributed by atoms with Gasteiger partial charge in [-0.25, -0.2) is 14.0 Å². The van der Waals surface area contributed by atoms with E-state index >= 15 is 0 Å². The first-order valence-corrected chi connectivity index (χ1v) is 12.6. The van der Waals surface area contributed by atoms with Crippen LogP contribution in [-0.2, 0) is 14.3 Å². The van der Waals surface area contributed by atoms with E-state index in [9.17, 15) is 18.8 Å². The second-order valence-corrected chi connectivity index (χ2v) is 9.48. The van der Waals surface area contributed by atoms with Crippen molar-refractivity contribution in [3.8, 4) is 0 Å². The second kappa shape index (κ2) is 11.2. The van der Waals surface area contributed by atoms with Gasteiger partial charge < -0.3 is 15.0 Å². The fourth-order valence-corrected chi connectivity index (χ4v) is 5.33. The van der Waals surface area contributed by atoms with Gasteiger partial charge in [0, 0.05) is 56.9 Å². The van der Waals surface area contributed by atoms with Crippen LogP contribution in [0.1, 0.15) is 50.6 Å². The highest BCUT2D eigenvalue weighted by atomic mass is 19.1. The topological polar surface area (TPSA) is 82.2 Å². The van der Waals surface area contributed by atoms with Crippen molar-refractivity contribution in [1.29, 1.82) is 0 Å². The fourth-order valence-electron chi connectivity index (χ4n) is 5.33. The molecular weight excluding hydrogens is 451 g/mol. The van der Waals surface area contributed by atoms with Gasteiger partial charge in [-0.2, -0.15) is 0 Å². The molecular formula is C26H35FN4O4. The summed E-state index contributed by atoms with van der Waals surface area (Å²) < 4.78 is 20.1. The predicted molar refractivity (Wildman–Crippen MR) is 129 cm³/mol. The maximum Gasteiger partial charge on any atom is 0.338 e. The van der Waals surface area contributed by atoms with Crippen molar-refractivity contribution in [3.63, 3.8) is 0 Å². The van der Waals surface area contributed by atoms with E-state index in [1.165, 1.54) is 11.0 Å². The van der Waals surface area contributed by atoms with E-state index in [0.29, 0.717) is 31.9 Å². The van der Waals surface area contributed by atoms with Crippen LogP contribution in [0.3, 0.4) is 0 Å². The Bertz CT molecular complexity index is 991. The van der Waals surface area contributed by atoms with Gasteiger partial charge in [0.05, 0.1) is 18.2 Å². The van der Waals surface area contributed by atoms with Crippen molar-refractivity contribution < 1.29 is 23.5 Å². The summed E-state index contributed by atoms with van der Waals surface area (Å²) >= 11 is 0. The Kier molecular flexibility index (Phi) is 8.05. The van der Waals surface area contributed by atoms with Crippen LogP contribution in [0.15, 0.2) is 35.5 Å². The number of esters is 1. The smallest absolute Gasteiger partial charge is 0.338 e. The van der Waals surface area contributed by atoms with Crippen LogP contribution in [0.25, 0.3) is 0 Å². The van der Waals surface area contributed by atoms with Gasteiger partial charge in [0.15, 0.2) is 0 Å². The highest BCUT2D eigenvalue weighted by Crippen LogP contribution is 2.33. The first-order chi connectivity index (χ1) is 16.9. The quantitative estimate of drug-likeness (QED) is 0.625. The second-order valence-electron chi connectivity index (χ2n) is 9.48. The zero-order chi connectivity index (χ0) is 24.9. The van der Waals surface area contributed by atoms with Crippen molar-refractivity contribution in [2.75, 3.05) is 46.4 Å². The van der Waals surface area contributed by atoms with Crippen LogP contribution < -0.4 is 5.32 Å². The van der Waals surface area contributed by atoms with Crippen LogP contribution >= 0.6 is 0 Å². The lowest BCUT2D eigenvalue weighted by Gasteiger charge is -2.36. The number of nitrogens with zero attached hydrogens (tertiary/aromatic N) is 3. The number of urea groups is 1. The maximum atomic E-state index is 14.7. The third-order valence-electron chi connectivity index (χ3n) is 7.27. The lowest BCUT2D eigenvalue weighted by molar-refractivity contribution is -0.139. The number of hydrogen-bond donors (Lipinski definition) is 1. The average molecular weight is 487 g/mol. The Balaban J connectivity index is 1.59. The monoisotopic (exact) mass is 486 g/mol. The summed E-state index contributed by atoms with van der Waals surface area (Å²) in [4.78, 5) is 44.4. The minimum absolute atomic E-state index is 0.148. The molecule has 2 aliphatic heterocycles. The highest BCUT2D eigenvalue weighted by molar-refractivity contribution is 5.95. The Hall–Kier alpha value is -2.94. The molecule has 2 fully saturated rings. The summed E-state index contributed by atoms with van der Waals surface area (Å²) in [5.41, 5.74) is 0.955. The largest absolute Gasteiger partial charge is 0.463 e. The number of likely N-dealkylation sites (N-methyl/N-ethyl adjacent to an activating group) is 1. The number of benzene rings is 1. The lowest BCUT2D eigenvalue weighted by atomic mass is 9.94. The van der Waals surface area contributed by atoms with Gasteiger partial charge in [-0.1, -0.05) is 31.0 Å². The number of rotatable bonds is 6. The molecule has 4 rings (SSSR count). The van der Waals surface area contributed by atoms with Gasteiger partial charge in [-0.3, -0.25) is 14.6 Å². The van der Waals surface area contributed by atoms with Crippen molar-refractivity contribution >= 4 is 17.9 Å². The Morgan fingerprint density at radius 1 is 1.09 bits per heavy atom. The molecule has 3 amide bonds. The highest BCUT2D eigenvalue weighted by Gasteiger charge is 2.38. The minimum atomic E-state index is -0.943. The molecule has 0 spiro atoms. The molecule has 3 aliphatic rings. The van der Waals surface area contributed by atoms with E-state index in [2.05, 4.69) is 10.2 Å². The molecule has 9 heteroatoms. The van der Waals surface area contributed by atoms with Crippen molar-refractivity contribution in [1.82, 2.24) is 20.0 Å². The molecule has 1 unspecified atom stereocenters. The molecule has 1 aromatic carbocycles. The number of carbonyl (C=O) groups excluding carboxylic acids is 3. The number of halogens is 1. The van der Waals surface area contributed by atoms with Gasteiger partial charge in [-0.15, -0.1) is 0 Å². The van der Waals surface area contributed by atoms with Crippen molar-refractivity contribution in [3.05, 3.63) is 46.9 Å². The zero-order valence-electron chi connectivity index (χ0n) is 20.6. The summed E-state index contributed by atoms with van der Waals surface area (Å²) in [5.74, 6) is -0.672. The Labute approximate surface area is 206 Å².